The molecular formula is C11H7BrClNO2. The van der Waals surface area contributed by atoms with Gasteiger partial charge in [0.2, 0.25) is 5.78 Å². The van der Waals surface area contributed by atoms with E-state index in [2.05, 4.69) is 15.9 Å². The number of carbonyl (C=O) groups excluding carboxylic acids is 1. The topological polar surface area (TPSA) is 56.2 Å². The fourth-order valence-electron chi connectivity index (χ4n) is 1.29. The SMILES string of the molecule is Nc1cccc(C(=O)c2ccc(Br)o2)c1Cl. The second-order valence-electron chi connectivity index (χ2n) is 3.14. The summed E-state index contributed by atoms with van der Waals surface area (Å²) in [6, 6.07) is 8.14. The number of benzene rings is 1. The lowest BCUT2D eigenvalue weighted by molar-refractivity contribution is 0.101. The van der Waals surface area contributed by atoms with E-state index in [0.717, 1.165) is 0 Å². The Hall–Kier alpha value is -1.26. The quantitative estimate of drug-likeness (QED) is 0.682. The normalized spacial score (nSPS) is 10.4. The van der Waals surface area contributed by atoms with E-state index in [1.165, 1.54) is 0 Å². The fraction of sp³-hybridized carbons (Fsp3) is 0. The van der Waals surface area contributed by atoms with E-state index in [-0.39, 0.29) is 16.6 Å². The van der Waals surface area contributed by atoms with Crippen molar-refractivity contribution in [1.82, 2.24) is 0 Å². The lowest BCUT2D eigenvalue weighted by Crippen LogP contribution is -2.02. The molecule has 1 aromatic carbocycles. The molecule has 2 aromatic rings. The van der Waals surface area contributed by atoms with E-state index in [1.54, 1.807) is 30.3 Å². The third-order valence-corrected chi connectivity index (χ3v) is 2.92. The summed E-state index contributed by atoms with van der Waals surface area (Å²) in [4.78, 5) is 12.0. The van der Waals surface area contributed by atoms with Crippen molar-refractivity contribution in [2.75, 3.05) is 5.73 Å². The Bertz CT molecular complexity index is 551. The van der Waals surface area contributed by atoms with Gasteiger partial charge in [0.05, 0.1) is 10.7 Å². The Morgan fingerprint density at radius 3 is 2.69 bits per heavy atom. The van der Waals surface area contributed by atoms with Crippen LogP contribution in [0, 0.1) is 0 Å². The zero-order chi connectivity index (χ0) is 11.7. The summed E-state index contributed by atoms with van der Waals surface area (Å²) in [5.74, 6) is -0.0672. The lowest BCUT2D eigenvalue weighted by Gasteiger charge is -2.03. The molecule has 0 aliphatic rings. The highest BCUT2D eigenvalue weighted by Gasteiger charge is 2.17. The molecule has 0 bridgehead atoms. The lowest BCUT2D eigenvalue weighted by atomic mass is 10.1. The largest absolute Gasteiger partial charge is 0.446 e. The summed E-state index contributed by atoms with van der Waals surface area (Å²) in [7, 11) is 0. The average Bonchev–Trinajstić information content (AvgIpc) is 2.68. The van der Waals surface area contributed by atoms with Gasteiger partial charge in [0.25, 0.3) is 0 Å². The third kappa shape index (κ3) is 1.99. The third-order valence-electron chi connectivity index (χ3n) is 2.07. The molecule has 0 saturated heterocycles. The van der Waals surface area contributed by atoms with Crippen molar-refractivity contribution in [3.63, 3.8) is 0 Å². The maximum Gasteiger partial charge on any atom is 0.229 e. The summed E-state index contributed by atoms with van der Waals surface area (Å²) in [5.41, 5.74) is 6.33. The van der Waals surface area contributed by atoms with Crippen LogP contribution in [0.15, 0.2) is 39.4 Å². The summed E-state index contributed by atoms with van der Waals surface area (Å²) in [6.45, 7) is 0. The molecule has 1 aromatic heterocycles. The molecule has 16 heavy (non-hydrogen) atoms. The van der Waals surface area contributed by atoms with Crippen LogP contribution in [0.3, 0.4) is 0 Å². The van der Waals surface area contributed by atoms with Crippen molar-refractivity contribution in [1.29, 1.82) is 0 Å². The predicted molar refractivity (Wildman–Crippen MR) is 65.7 cm³/mol. The van der Waals surface area contributed by atoms with Gasteiger partial charge < -0.3 is 10.2 Å². The van der Waals surface area contributed by atoms with Gasteiger partial charge in [0, 0.05) is 5.56 Å². The Kier molecular flexibility index (Phi) is 3.03. The zero-order valence-electron chi connectivity index (χ0n) is 8.04. The maximum atomic E-state index is 12.0. The highest BCUT2D eigenvalue weighted by Crippen LogP contribution is 2.26. The van der Waals surface area contributed by atoms with E-state index < -0.39 is 0 Å². The van der Waals surface area contributed by atoms with E-state index in [4.69, 9.17) is 21.8 Å². The molecule has 0 atom stereocenters. The van der Waals surface area contributed by atoms with Gasteiger partial charge in [-0.05, 0) is 40.2 Å². The predicted octanol–water partition coefficient (Wildman–Crippen LogP) is 3.51. The van der Waals surface area contributed by atoms with Crippen molar-refractivity contribution in [3.05, 3.63) is 51.3 Å². The van der Waals surface area contributed by atoms with Gasteiger partial charge in [-0.2, -0.15) is 0 Å². The molecule has 0 radical (unpaired) electrons. The summed E-state index contributed by atoms with van der Waals surface area (Å²) in [5, 5.41) is 0.250. The van der Waals surface area contributed by atoms with Crippen LogP contribution in [0.5, 0.6) is 0 Å². The summed E-state index contributed by atoms with van der Waals surface area (Å²) < 4.78 is 5.66. The van der Waals surface area contributed by atoms with Crippen molar-refractivity contribution >= 4 is 39.0 Å². The number of halogens is 2. The number of ketones is 1. The Morgan fingerprint density at radius 1 is 1.31 bits per heavy atom. The number of hydrogen-bond acceptors (Lipinski definition) is 3. The minimum Gasteiger partial charge on any atom is -0.446 e. The van der Waals surface area contributed by atoms with Gasteiger partial charge in [-0.25, -0.2) is 0 Å². The Labute approximate surface area is 105 Å². The summed E-state index contributed by atoms with van der Waals surface area (Å²) >= 11 is 9.07. The number of anilines is 1. The van der Waals surface area contributed by atoms with Gasteiger partial charge in [0.1, 0.15) is 0 Å². The number of nitrogen functional groups attached to an aromatic ring is 1. The molecule has 0 amide bonds. The van der Waals surface area contributed by atoms with Crippen LogP contribution >= 0.6 is 27.5 Å². The smallest absolute Gasteiger partial charge is 0.229 e. The molecular weight excluding hydrogens is 293 g/mol. The molecule has 0 spiro atoms. The molecule has 0 aliphatic heterocycles. The zero-order valence-corrected chi connectivity index (χ0v) is 10.4. The van der Waals surface area contributed by atoms with E-state index in [1.807, 2.05) is 0 Å². The first-order valence-corrected chi connectivity index (χ1v) is 5.60. The first-order chi connectivity index (χ1) is 7.59. The molecule has 0 fully saturated rings. The first-order valence-electron chi connectivity index (χ1n) is 4.43. The van der Waals surface area contributed by atoms with Gasteiger partial charge in [-0.1, -0.05) is 17.7 Å². The molecule has 2 rings (SSSR count). The van der Waals surface area contributed by atoms with Gasteiger partial charge in [-0.3, -0.25) is 4.79 Å². The van der Waals surface area contributed by atoms with Crippen molar-refractivity contribution in [3.8, 4) is 0 Å². The second-order valence-corrected chi connectivity index (χ2v) is 4.30. The fourth-order valence-corrected chi connectivity index (χ4v) is 1.81. The molecule has 0 unspecified atom stereocenters. The van der Waals surface area contributed by atoms with Crippen LogP contribution in [-0.2, 0) is 0 Å². The monoisotopic (exact) mass is 299 g/mol. The average molecular weight is 301 g/mol. The van der Waals surface area contributed by atoms with Crippen molar-refractivity contribution in [2.24, 2.45) is 0 Å². The minimum atomic E-state index is -0.289. The number of hydrogen-bond donors (Lipinski definition) is 1. The van der Waals surface area contributed by atoms with Gasteiger partial charge in [-0.15, -0.1) is 0 Å². The second kappa shape index (κ2) is 4.31. The minimum absolute atomic E-state index is 0.222. The maximum absolute atomic E-state index is 12.0. The molecule has 1 heterocycles. The highest BCUT2D eigenvalue weighted by atomic mass is 79.9. The van der Waals surface area contributed by atoms with Crippen LogP contribution in [-0.4, -0.2) is 5.78 Å². The molecule has 3 nitrogen and oxygen atoms in total. The number of nitrogens with two attached hydrogens (primary N) is 1. The van der Waals surface area contributed by atoms with Gasteiger partial charge in [0.15, 0.2) is 10.4 Å². The molecule has 2 N–H and O–H groups in total. The van der Waals surface area contributed by atoms with E-state index >= 15 is 0 Å². The number of rotatable bonds is 2. The first kappa shape index (κ1) is 11.2. The standard InChI is InChI=1S/C11H7BrClNO2/c12-9-5-4-8(16-9)11(15)6-2-1-3-7(14)10(6)13/h1-5H,14H2. The molecule has 5 heteroatoms. The van der Waals surface area contributed by atoms with Crippen molar-refractivity contribution in [2.45, 2.75) is 0 Å². The van der Waals surface area contributed by atoms with Crippen LogP contribution in [0.4, 0.5) is 5.69 Å². The molecule has 0 saturated carbocycles. The van der Waals surface area contributed by atoms with Crippen LogP contribution in [0.2, 0.25) is 5.02 Å². The van der Waals surface area contributed by atoms with Crippen LogP contribution < -0.4 is 5.73 Å². The highest BCUT2D eigenvalue weighted by molar-refractivity contribution is 9.10. The Balaban J connectivity index is 2.45. The number of furan rings is 1. The van der Waals surface area contributed by atoms with Crippen LogP contribution in [0.25, 0.3) is 0 Å². The Morgan fingerprint density at radius 2 is 2.06 bits per heavy atom. The molecule has 0 aliphatic carbocycles. The van der Waals surface area contributed by atoms with E-state index in [9.17, 15) is 4.79 Å². The number of carbonyl (C=O) groups is 1. The van der Waals surface area contributed by atoms with Crippen LogP contribution in [0.1, 0.15) is 16.1 Å². The van der Waals surface area contributed by atoms with Crippen molar-refractivity contribution < 1.29 is 9.21 Å². The summed E-state index contributed by atoms with van der Waals surface area (Å²) in [6.07, 6.45) is 0. The van der Waals surface area contributed by atoms with Gasteiger partial charge >= 0.3 is 0 Å². The molecule has 82 valence electrons. The van der Waals surface area contributed by atoms with E-state index in [0.29, 0.717) is 15.9 Å².